The van der Waals surface area contributed by atoms with E-state index in [1.54, 1.807) is 12.0 Å². The Morgan fingerprint density at radius 2 is 1.88 bits per heavy atom. The van der Waals surface area contributed by atoms with Gasteiger partial charge in [-0.3, -0.25) is 9.59 Å². The van der Waals surface area contributed by atoms with Crippen molar-refractivity contribution < 1.29 is 14.3 Å². The molecule has 1 heterocycles. The zero-order chi connectivity index (χ0) is 17.6. The van der Waals surface area contributed by atoms with Crippen LogP contribution in [0.5, 0.6) is 5.75 Å². The van der Waals surface area contributed by atoms with E-state index in [-0.39, 0.29) is 11.8 Å². The summed E-state index contributed by atoms with van der Waals surface area (Å²) < 4.78 is 5.16. The lowest BCUT2D eigenvalue weighted by molar-refractivity contribution is -0.143. The summed E-state index contributed by atoms with van der Waals surface area (Å²) in [5.74, 6) is 0.589. The molecule has 1 fully saturated rings. The lowest BCUT2D eigenvalue weighted by Crippen LogP contribution is -2.52. The molecule has 1 aliphatic rings. The normalized spacial score (nSPS) is 17.1. The zero-order valence-electron chi connectivity index (χ0n) is 14.3. The molecule has 1 unspecified atom stereocenters. The Hall–Kier alpha value is -2.82. The minimum absolute atomic E-state index is 0.000443. The summed E-state index contributed by atoms with van der Waals surface area (Å²) in [5, 5.41) is 2.85. The van der Waals surface area contributed by atoms with Crippen molar-refractivity contribution in [3.8, 4) is 5.75 Å². The molecule has 2 aromatic rings. The molecule has 0 aliphatic carbocycles. The zero-order valence-corrected chi connectivity index (χ0v) is 14.3. The second-order valence-electron chi connectivity index (χ2n) is 6.04. The highest BCUT2D eigenvalue weighted by Crippen LogP contribution is 2.26. The number of aryl methyl sites for hydroxylation is 1. The Kier molecular flexibility index (Phi) is 5.33. The van der Waals surface area contributed by atoms with E-state index in [4.69, 9.17) is 4.74 Å². The first kappa shape index (κ1) is 17.0. The van der Waals surface area contributed by atoms with Crippen LogP contribution in [0.3, 0.4) is 0 Å². The molecular formula is C20H22N2O3. The monoisotopic (exact) mass is 338 g/mol. The van der Waals surface area contributed by atoms with E-state index in [1.165, 1.54) is 0 Å². The third kappa shape index (κ3) is 3.99. The topological polar surface area (TPSA) is 58.6 Å². The van der Waals surface area contributed by atoms with Crippen molar-refractivity contribution in [3.05, 3.63) is 65.7 Å². The molecule has 0 spiro atoms. The highest BCUT2D eigenvalue weighted by Gasteiger charge is 2.33. The molecule has 130 valence electrons. The quantitative estimate of drug-likeness (QED) is 0.910. The maximum absolute atomic E-state index is 12.7. The fraction of sp³-hybridized carbons (Fsp3) is 0.300. The van der Waals surface area contributed by atoms with Gasteiger partial charge in [0.25, 0.3) is 0 Å². The molecule has 2 amide bonds. The predicted molar refractivity (Wildman–Crippen MR) is 95.2 cm³/mol. The number of nitrogens with one attached hydrogen (secondary N) is 1. The summed E-state index contributed by atoms with van der Waals surface area (Å²) in [7, 11) is 1.60. The standard InChI is InChI=1S/C20H22N2O3/c1-25-17-10-8-16(9-11-17)19-20(24)21-13-14-22(19)18(23)12-7-15-5-3-2-4-6-15/h2-6,8-11,19H,7,12-14H2,1H3,(H,21,24). The number of carbonyl (C=O) groups excluding carboxylic acids is 2. The SMILES string of the molecule is COc1ccc(C2C(=O)NCCN2C(=O)CCc2ccccc2)cc1. The third-order valence-electron chi connectivity index (χ3n) is 4.43. The Morgan fingerprint density at radius 1 is 1.16 bits per heavy atom. The first-order chi connectivity index (χ1) is 12.2. The van der Waals surface area contributed by atoms with Crippen LogP contribution in [0.4, 0.5) is 0 Å². The number of methoxy groups -OCH3 is 1. The van der Waals surface area contributed by atoms with Gasteiger partial charge in [0, 0.05) is 19.5 Å². The highest BCUT2D eigenvalue weighted by atomic mass is 16.5. The van der Waals surface area contributed by atoms with Gasteiger partial charge >= 0.3 is 0 Å². The average Bonchev–Trinajstić information content (AvgIpc) is 2.67. The summed E-state index contributed by atoms with van der Waals surface area (Å²) in [5.41, 5.74) is 1.92. The molecule has 5 nitrogen and oxygen atoms in total. The van der Waals surface area contributed by atoms with Crippen LogP contribution >= 0.6 is 0 Å². The van der Waals surface area contributed by atoms with Crippen molar-refractivity contribution in [1.82, 2.24) is 10.2 Å². The van der Waals surface area contributed by atoms with E-state index in [0.29, 0.717) is 25.9 Å². The van der Waals surface area contributed by atoms with Crippen molar-refractivity contribution in [3.63, 3.8) is 0 Å². The summed E-state index contributed by atoms with van der Waals surface area (Å²) >= 11 is 0. The van der Waals surface area contributed by atoms with Gasteiger partial charge in [0.15, 0.2) is 0 Å². The number of piperazine rings is 1. The molecule has 1 aliphatic heterocycles. The highest BCUT2D eigenvalue weighted by molar-refractivity contribution is 5.89. The molecule has 0 saturated carbocycles. The minimum atomic E-state index is -0.581. The van der Waals surface area contributed by atoms with Crippen LogP contribution in [0.1, 0.15) is 23.6 Å². The summed E-state index contributed by atoms with van der Waals surface area (Å²) in [6, 6.07) is 16.6. The Morgan fingerprint density at radius 3 is 2.56 bits per heavy atom. The van der Waals surface area contributed by atoms with Crippen molar-refractivity contribution >= 4 is 11.8 Å². The van der Waals surface area contributed by atoms with Crippen LogP contribution in [-0.2, 0) is 16.0 Å². The lowest BCUT2D eigenvalue weighted by atomic mass is 10.0. The predicted octanol–water partition coefficient (Wildman–Crippen LogP) is 2.33. The van der Waals surface area contributed by atoms with E-state index in [9.17, 15) is 9.59 Å². The fourth-order valence-electron chi connectivity index (χ4n) is 3.09. The van der Waals surface area contributed by atoms with Crippen molar-refractivity contribution in [1.29, 1.82) is 0 Å². The van der Waals surface area contributed by atoms with E-state index >= 15 is 0 Å². The molecule has 1 atom stereocenters. The first-order valence-corrected chi connectivity index (χ1v) is 8.44. The van der Waals surface area contributed by atoms with E-state index in [2.05, 4.69) is 5.32 Å². The van der Waals surface area contributed by atoms with Crippen molar-refractivity contribution in [2.45, 2.75) is 18.9 Å². The molecule has 1 saturated heterocycles. The van der Waals surface area contributed by atoms with Crippen LogP contribution < -0.4 is 10.1 Å². The fourth-order valence-corrected chi connectivity index (χ4v) is 3.09. The van der Waals surface area contributed by atoms with Gasteiger partial charge < -0.3 is 15.0 Å². The number of hydrogen-bond acceptors (Lipinski definition) is 3. The Labute approximate surface area is 147 Å². The molecular weight excluding hydrogens is 316 g/mol. The molecule has 0 radical (unpaired) electrons. The van der Waals surface area contributed by atoms with Gasteiger partial charge in [0.1, 0.15) is 11.8 Å². The van der Waals surface area contributed by atoms with Gasteiger partial charge in [-0.15, -0.1) is 0 Å². The maximum atomic E-state index is 12.7. The number of amides is 2. The van der Waals surface area contributed by atoms with Crippen molar-refractivity contribution in [2.24, 2.45) is 0 Å². The van der Waals surface area contributed by atoms with Gasteiger partial charge in [0.05, 0.1) is 7.11 Å². The van der Waals surface area contributed by atoms with Gasteiger partial charge in [0.2, 0.25) is 11.8 Å². The van der Waals surface area contributed by atoms with Gasteiger partial charge in [-0.1, -0.05) is 42.5 Å². The van der Waals surface area contributed by atoms with Crippen LogP contribution in [0, 0.1) is 0 Å². The number of ether oxygens (including phenoxy) is 1. The van der Waals surface area contributed by atoms with Crippen LogP contribution in [0.15, 0.2) is 54.6 Å². The van der Waals surface area contributed by atoms with Gasteiger partial charge in [-0.25, -0.2) is 0 Å². The lowest BCUT2D eigenvalue weighted by Gasteiger charge is -2.35. The smallest absolute Gasteiger partial charge is 0.247 e. The molecule has 0 aromatic heterocycles. The second-order valence-corrected chi connectivity index (χ2v) is 6.04. The van der Waals surface area contributed by atoms with Crippen LogP contribution in [-0.4, -0.2) is 36.9 Å². The number of nitrogens with zero attached hydrogens (tertiary/aromatic N) is 1. The van der Waals surface area contributed by atoms with Gasteiger partial charge in [-0.2, -0.15) is 0 Å². The van der Waals surface area contributed by atoms with Gasteiger partial charge in [-0.05, 0) is 29.7 Å². The number of hydrogen-bond donors (Lipinski definition) is 1. The second kappa shape index (κ2) is 7.83. The average molecular weight is 338 g/mol. The summed E-state index contributed by atoms with van der Waals surface area (Å²) in [4.78, 5) is 26.8. The van der Waals surface area contributed by atoms with Crippen molar-refractivity contribution in [2.75, 3.05) is 20.2 Å². The van der Waals surface area contributed by atoms with E-state index in [0.717, 1.165) is 16.9 Å². The first-order valence-electron chi connectivity index (χ1n) is 8.44. The van der Waals surface area contributed by atoms with E-state index in [1.807, 2.05) is 54.6 Å². The molecule has 0 bridgehead atoms. The molecule has 25 heavy (non-hydrogen) atoms. The van der Waals surface area contributed by atoms with Crippen LogP contribution in [0.25, 0.3) is 0 Å². The third-order valence-corrected chi connectivity index (χ3v) is 4.43. The number of benzene rings is 2. The Bertz CT molecular complexity index is 728. The number of rotatable bonds is 5. The Balaban J connectivity index is 1.74. The summed E-state index contributed by atoms with van der Waals surface area (Å²) in [6.07, 6.45) is 1.07. The number of carbonyl (C=O) groups is 2. The maximum Gasteiger partial charge on any atom is 0.247 e. The summed E-state index contributed by atoms with van der Waals surface area (Å²) in [6.45, 7) is 1.01. The molecule has 1 N–H and O–H groups in total. The van der Waals surface area contributed by atoms with Crippen LogP contribution in [0.2, 0.25) is 0 Å². The molecule has 2 aromatic carbocycles. The minimum Gasteiger partial charge on any atom is -0.497 e. The molecule has 5 heteroatoms. The van der Waals surface area contributed by atoms with E-state index < -0.39 is 6.04 Å². The molecule has 3 rings (SSSR count). The largest absolute Gasteiger partial charge is 0.497 e.